The molecule has 0 fully saturated rings. The van der Waals surface area contributed by atoms with Crippen molar-refractivity contribution in [1.29, 1.82) is 0 Å². The number of carbonyl (C=O) groups excluding carboxylic acids is 1. The Balaban J connectivity index is 0.000000486. The Bertz CT molecular complexity index is 948. The molecule has 33 heavy (non-hydrogen) atoms. The number of fused-ring (bicyclic) bond motifs is 1. The van der Waals surface area contributed by atoms with Crippen molar-refractivity contribution < 1.29 is 14.5 Å². The summed E-state index contributed by atoms with van der Waals surface area (Å²) < 4.78 is 7.87. The largest absolute Gasteiger partial charge is 0.471 e. The van der Waals surface area contributed by atoms with Gasteiger partial charge in [-0.25, -0.2) is 0 Å². The van der Waals surface area contributed by atoms with Gasteiger partial charge in [-0.3, -0.25) is 14.9 Å². The normalized spacial score (nSPS) is 9.24. The number of methoxy groups -OCH3 is 1. The fourth-order valence-electron chi connectivity index (χ4n) is 2.49. The number of benzene rings is 2. The minimum Gasteiger partial charge on any atom is -0.471 e. The number of anilines is 3. The van der Waals surface area contributed by atoms with Gasteiger partial charge >= 0.3 is 0 Å². The second-order valence-electron chi connectivity index (χ2n) is 6.72. The van der Waals surface area contributed by atoms with E-state index in [0.29, 0.717) is 22.4 Å². The van der Waals surface area contributed by atoms with Crippen LogP contribution in [0, 0.1) is 10.1 Å². The van der Waals surface area contributed by atoms with Crippen molar-refractivity contribution in [2.45, 2.75) is 40.5 Å². The molecule has 9 nitrogen and oxygen atoms in total. The molecule has 0 aliphatic rings. The number of rotatable bonds is 6. The quantitative estimate of drug-likeness (QED) is 0.205. The predicted molar refractivity (Wildman–Crippen MR) is 139 cm³/mol. The summed E-state index contributed by atoms with van der Waals surface area (Å²) >= 11 is 1.14. The van der Waals surface area contributed by atoms with E-state index < -0.39 is 4.92 Å². The molecule has 0 saturated carbocycles. The highest BCUT2D eigenvalue weighted by molar-refractivity contribution is 7.11. The van der Waals surface area contributed by atoms with Crippen LogP contribution < -0.4 is 16.4 Å². The zero-order valence-electron chi connectivity index (χ0n) is 20.0. The predicted octanol–water partition coefficient (Wildman–Crippen LogP) is 5.50. The van der Waals surface area contributed by atoms with E-state index in [1.807, 2.05) is 12.1 Å². The fraction of sp³-hybridized carbons (Fsp3) is 0.391. The van der Waals surface area contributed by atoms with Crippen LogP contribution in [0.2, 0.25) is 0 Å². The van der Waals surface area contributed by atoms with Gasteiger partial charge in [-0.1, -0.05) is 27.2 Å². The molecule has 10 heteroatoms. The molecule has 3 aromatic rings. The highest BCUT2D eigenvalue weighted by atomic mass is 32.1. The van der Waals surface area contributed by atoms with Crippen molar-refractivity contribution in [3.05, 3.63) is 52.6 Å². The van der Waals surface area contributed by atoms with Crippen LogP contribution in [0.15, 0.2) is 42.5 Å². The number of hydrogen-bond donors (Lipinski definition) is 2. The van der Waals surface area contributed by atoms with Gasteiger partial charge in [0.2, 0.25) is 0 Å². The summed E-state index contributed by atoms with van der Waals surface area (Å²) in [4.78, 5) is 21.3. The second-order valence-corrected chi connectivity index (χ2v) is 7.52. The first-order valence-electron chi connectivity index (χ1n) is 10.6. The topological polar surface area (TPSA) is 138 Å². The maximum absolute atomic E-state index is 10.4. The molecular formula is C23H35N5O4S. The number of aromatic nitrogens is 1. The van der Waals surface area contributed by atoms with E-state index in [-0.39, 0.29) is 5.69 Å². The van der Waals surface area contributed by atoms with Gasteiger partial charge in [-0.05, 0) is 55.2 Å². The summed E-state index contributed by atoms with van der Waals surface area (Å²) in [5, 5.41) is 11.6. The van der Waals surface area contributed by atoms with Gasteiger partial charge in [0, 0.05) is 42.0 Å². The van der Waals surface area contributed by atoms with Crippen LogP contribution in [0.4, 0.5) is 22.1 Å². The molecule has 0 aliphatic carbocycles. The third-order valence-corrected chi connectivity index (χ3v) is 4.63. The van der Waals surface area contributed by atoms with E-state index in [1.54, 1.807) is 6.07 Å². The number of nitrogens with two attached hydrogens (primary N) is 2. The van der Waals surface area contributed by atoms with Crippen LogP contribution in [0.1, 0.15) is 40.5 Å². The molecule has 3 rings (SSSR count). The van der Waals surface area contributed by atoms with Gasteiger partial charge in [0.15, 0.2) is 0 Å². The number of nitro benzene ring substituents is 1. The van der Waals surface area contributed by atoms with Gasteiger partial charge in [-0.15, -0.1) is 0 Å². The van der Waals surface area contributed by atoms with Crippen LogP contribution in [-0.2, 0) is 9.53 Å². The van der Waals surface area contributed by atoms with E-state index in [9.17, 15) is 10.1 Å². The lowest BCUT2D eigenvalue weighted by atomic mass is 10.2. The highest BCUT2D eigenvalue weighted by Crippen LogP contribution is 2.27. The Hall–Kier alpha value is -3.40. The summed E-state index contributed by atoms with van der Waals surface area (Å²) in [6.45, 7) is 11.2. The Labute approximate surface area is 199 Å². The van der Waals surface area contributed by atoms with Crippen molar-refractivity contribution in [1.82, 2.24) is 4.37 Å². The van der Waals surface area contributed by atoms with E-state index in [4.69, 9.17) is 16.3 Å². The average molecular weight is 478 g/mol. The lowest BCUT2D eigenvalue weighted by Gasteiger charge is -2.22. The molecule has 0 radical (unpaired) electrons. The molecule has 0 amide bonds. The number of ether oxygens (including phenoxy) is 1. The highest BCUT2D eigenvalue weighted by Gasteiger charge is 2.09. The molecule has 0 bridgehead atoms. The molecule has 0 atom stereocenters. The van der Waals surface area contributed by atoms with Crippen molar-refractivity contribution in [3.8, 4) is 0 Å². The van der Waals surface area contributed by atoms with Gasteiger partial charge in [-0.2, -0.15) is 4.37 Å². The number of hydrogen-bond acceptors (Lipinski definition) is 9. The van der Waals surface area contributed by atoms with E-state index in [0.717, 1.165) is 30.3 Å². The molecule has 0 saturated heterocycles. The molecule has 1 aromatic heterocycles. The molecular weight excluding hydrogens is 442 g/mol. The smallest absolute Gasteiger partial charge is 0.292 e. The first kappa shape index (κ1) is 29.6. The van der Waals surface area contributed by atoms with E-state index in [2.05, 4.69) is 53.8 Å². The summed E-state index contributed by atoms with van der Waals surface area (Å²) in [6.07, 6.45) is 2.43. The Morgan fingerprint density at radius 2 is 1.70 bits per heavy atom. The van der Waals surface area contributed by atoms with E-state index in [1.165, 1.54) is 37.8 Å². The summed E-state index contributed by atoms with van der Waals surface area (Å²) in [5.41, 5.74) is 14.0. The van der Waals surface area contributed by atoms with Gasteiger partial charge in [0.1, 0.15) is 5.00 Å². The SMILES string of the molecule is CCC.CCCN(CC)c1ccc(N)cc1.COC=O.Nc1snc2ccc([N+](=O)[O-])cc12. The minimum absolute atomic E-state index is 0.0411. The zero-order chi connectivity index (χ0) is 25.2. The number of non-ortho nitro benzene ring substituents is 1. The Morgan fingerprint density at radius 1 is 1.12 bits per heavy atom. The molecule has 1 heterocycles. The first-order chi connectivity index (χ1) is 15.8. The Morgan fingerprint density at radius 3 is 2.15 bits per heavy atom. The lowest BCUT2D eigenvalue weighted by molar-refractivity contribution is -0.384. The maximum atomic E-state index is 10.4. The molecule has 182 valence electrons. The lowest BCUT2D eigenvalue weighted by Crippen LogP contribution is -2.23. The Kier molecular flexibility index (Phi) is 15.4. The van der Waals surface area contributed by atoms with Gasteiger partial charge in [0.25, 0.3) is 12.2 Å². The minimum atomic E-state index is -0.448. The van der Waals surface area contributed by atoms with Crippen LogP contribution >= 0.6 is 11.5 Å². The number of nitro groups is 1. The van der Waals surface area contributed by atoms with Gasteiger partial charge < -0.3 is 21.1 Å². The standard InChI is InChI=1S/C11H18N2.C7H5N3O2S.C3H8.C2H4O2/c1-3-9-13(4-2)11-7-5-10(12)6-8-11;8-7-5-3-4(10(11)12)1-2-6(5)9-13-7;1-3-2;1-4-2-3/h5-8H,3-4,9,12H2,1-2H3;1-3H,8H2;3H2,1-2H3;2H,1H3. The number of nitrogens with zero attached hydrogens (tertiary/aromatic N) is 3. The monoisotopic (exact) mass is 477 g/mol. The fourth-order valence-corrected chi connectivity index (χ4v) is 3.10. The molecule has 0 aliphatic heterocycles. The van der Waals surface area contributed by atoms with Crippen LogP contribution in [0.3, 0.4) is 0 Å². The van der Waals surface area contributed by atoms with Crippen molar-refractivity contribution in [2.75, 3.05) is 36.6 Å². The summed E-state index contributed by atoms with van der Waals surface area (Å²) in [6, 6.07) is 12.5. The van der Waals surface area contributed by atoms with Crippen LogP contribution in [0.5, 0.6) is 0 Å². The van der Waals surface area contributed by atoms with Crippen molar-refractivity contribution >= 4 is 51.0 Å². The maximum Gasteiger partial charge on any atom is 0.292 e. The summed E-state index contributed by atoms with van der Waals surface area (Å²) in [7, 11) is 1.31. The van der Waals surface area contributed by atoms with Crippen LogP contribution in [-0.4, -0.2) is 36.0 Å². The number of carbonyl (C=O) groups is 1. The zero-order valence-corrected chi connectivity index (χ0v) is 20.8. The summed E-state index contributed by atoms with van der Waals surface area (Å²) in [5.74, 6) is 0. The first-order valence-corrected chi connectivity index (χ1v) is 11.4. The molecule has 2 aromatic carbocycles. The average Bonchev–Trinajstić information content (AvgIpc) is 3.19. The van der Waals surface area contributed by atoms with Crippen LogP contribution in [0.25, 0.3) is 10.9 Å². The number of nitrogen functional groups attached to an aromatic ring is 2. The van der Waals surface area contributed by atoms with E-state index >= 15 is 0 Å². The second kappa shape index (κ2) is 17.2. The third-order valence-electron chi connectivity index (χ3n) is 3.93. The van der Waals surface area contributed by atoms with Crippen molar-refractivity contribution in [3.63, 3.8) is 0 Å². The molecule has 0 spiro atoms. The van der Waals surface area contributed by atoms with Crippen molar-refractivity contribution in [2.24, 2.45) is 0 Å². The molecule has 0 unspecified atom stereocenters. The van der Waals surface area contributed by atoms with Gasteiger partial charge in [0.05, 0.1) is 17.5 Å². The molecule has 4 N–H and O–H groups in total. The third kappa shape index (κ3) is 11.2.